The Kier molecular flexibility index (Phi) is 9.38. The van der Waals surface area contributed by atoms with E-state index in [2.05, 4.69) is 51.4 Å². The van der Waals surface area contributed by atoms with Gasteiger partial charge in [-0.1, -0.05) is 19.9 Å². The van der Waals surface area contributed by atoms with Crippen molar-refractivity contribution in [3.8, 4) is 5.88 Å². The second kappa shape index (κ2) is 11.5. The molecule has 7 nitrogen and oxygen atoms in total. The molecule has 30 heavy (non-hydrogen) atoms. The van der Waals surface area contributed by atoms with Gasteiger partial charge in [-0.2, -0.15) is 5.10 Å². The monoisotopic (exact) mass is 526 g/mol. The van der Waals surface area contributed by atoms with Crippen LogP contribution in [0, 0.1) is 0 Å². The molecule has 3 rings (SSSR count). The number of hydrogen-bond acceptors (Lipinski definition) is 4. The number of halogens is 1. The van der Waals surface area contributed by atoms with Crippen LogP contribution in [0.15, 0.2) is 29.5 Å². The van der Waals surface area contributed by atoms with Crippen LogP contribution in [0.25, 0.3) is 0 Å². The Hall–Kier alpha value is -1.84. The highest BCUT2D eigenvalue weighted by molar-refractivity contribution is 14.0. The summed E-state index contributed by atoms with van der Waals surface area (Å²) in [6, 6.07) is 4.03. The quantitative estimate of drug-likeness (QED) is 0.335. The van der Waals surface area contributed by atoms with Crippen LogP contribution in [0.1, 0.15) is 62.3 Å². The molecule has 0 amide bonds. The van der Waals surface area contributed by atoms with E-state index in [9.17, 15) is 0 Å². The van der Waals surface area contributed by atoms with Crippen molar-refractivity contribution in [2.75, 3.05) is 14.1 Å². The Morgan fingerprint density at radius 2 is 2.07 bits per heavy atom. The Morgan fingerprint density at radius 1 is 1.33 bits per heavy atom. The number of aryl methyl sites for hydroxylation is 1. The summed E-state index contributed by atoms with van der Waals surface area (Å²) in [5.74, 6) is 1.96. The Bertz CT molecular complexity index is 812. The van der Waals surface area contributed by atoms with E-state index in [1.165, 1.54) is 18.4 Å². The lowest BCUT2D eigenvalue weighted by Crippen LogP contribution is -2.38. The van der Waals surface area contributed by atoms with Gasteiger partial charge in [0.05, 0.1) is 5.69 Å². The highest BCUT2D eigenvalue weighted by Crippen LogP contribution is 2.23. The summed E-state index contributed by atoms with van der Waals surface area (Å²) in [6.45, 7) is 5.77. The van der Waals surface area contributed by atoms with Gasteiger partial charge >= 0.3 is 0 Å². The van der Waals surface area contributed by atoms with Crippen molar-refractivity contribution in [3.05, 3.63) is 41.3 Å². The van der Waals surface area contributed by atoms with Gasteiger partial charge < -0.3 is 15.0 Å². The van der Waals surface area contributed by atoms with Crippen molar-refractivity contribution in [2.45, 2.75) is 64.6 Å². The van der Waals surface area contributed by atoms with Crippen LogP contribution in [0.2, 0.25) is 0 Å². The molecule has 8 heteroatoms. The molecule has 0 atom stereocenters. The summed E-state index contributed by atoms with van der Waals surface area (Å²) in [6.07, 6.45) is 9.11. The lowest BCUT2D eigenvalue weighted by molar-refractivity contribution is 0.201. The smallest absolute Gasteiger partial charge is 0.213 e. The van der Waals surface area contributed by atoms with E-state index in [0.717, 1.165) is 42.5 Å². The number of aromatic nitrogens is 3. The van der Waals surface area contributed by atoms with E-state index in [4.69, 9.17) is 4.74 Å². The minimum absolute atomic E-state index is 0. The van der Waals surface area contributed by atoms with E-state index >= 15 is 0 Å². The predicted octanol–water partition coefficient (Wildman–Crippen LogP) is 4.09. The number of aliphatic imine (C=N–C) groups is 1. The largest absolute Gasteiger partial charge is 0.474 e. The minimum atomic E-state index is 0. The third-order valence-electron chi connectivity index (χ3n) is 5.30. The molecule has 2 heterocycles. The second-order valence-electron chi connectivity index (χ2n) is 8.15. The fourth-order valence-corrected chi connectivity index (χ4v) is 3.82. The van der Waals surface area contributed by atoms with Gasteiger partial charge in [-0.05, 0) is 37.2 Å². The number of nitrogens with one attached hydrogen (secondary N) is 1. The molecule has 1 aliphatic rings. The van der Waals surface area contributed by atoms with Crippen LogP contribution in [0.4, 0.5) is 0 Å². The van der Waals surface area contributed by atoms with Gasteiger partial charge in [-0.15, -0.1) is 24.0 Å². The van der Waals surface area contributed by atoms with Crippen LogP contribution < -0.4 is 10.1 Å². The van der Waals surface area contributed by atoms with Gasteiger partial charge in [0.25, 0.3) is 0 Å². The molecule has 0 bridgehead atoms. The van der Waals surface area contributed by atoms with Crippen LogP contribution in [0.5, 0.6) is 5.88 Å². The summed E-state index contributed by atoms with van der Waals surface area (Å²) in [5, 5.41) is 8.02. The first-order valence-electron chi connectivity index (χ1n) is 10.5. The number of nitrogens with zero attached hydrogens (tertiary/aromatic N) is 5. The van der Waals surface area contributed by atoms with Crippen LogP contribution in [-0.2, 0) is 20.1 Å². The van der Waals surface area contributed by atoms with Crippen molar-refractivity contribution < 1.29 is 4.74 Å². The maximum atomic E-state index is 5.94. The van der Waals surface area contributed by atoms with Gasteiger partial charge in [-0.25, -0.2) is 4.98 Å². The lowest BCUT2D eigenvalue weighted by atomic mass is 10.1. The molecule has 166 valence electrons. The molecular weight excluding hydrogens is 491 g/mol. The molecule has 0 saturated heterocycles. The summed E-state index contributed by atoms with van der Waals surface area (Å²) >= 11 is 0. The average molecular weight is 526 g/mol. The molecule has 0 spiro atoms. The fraction of sp³-hybridized carbons (Fsp3) is 0.591. The van der Waals surface area contributed by atoms with E-state index in [1.54, 1.807) is 0 Å². The van der Waals surface area contributed by atoms with Crippen molar-refractivity contribution in [1.29, 1.82) is 0 Å². The first-order chi connectivity index (χ1) is 14.0. The highest BCUT2D eigenvalue weighted by atomic mass is 127. The van der Waals surface area contributed by atoms with Gasteiger partial charge in [0.2, 0.25) is 5.88 Å². The number of guanidine groups is 1. The van der Waals surface area contributed by atoms with Gasteiger partial charge in [0.1, 0.15) is 6.10 Å². The first-order valence-corrected chi connectivity index (χ1v) is 10.5. The first kappa shape index (κ1) is 24.4. The van der Waals surface area contributed by atoms with Crippen molar-refractivity contribution in [2.24, 2.45) is 12.0 Å². The Morgan fingerprint density at radius 3 is 2.67 bits per heavy atom. The molecule has 1 aliphatic carbocycles. The van der Waals surface area contributed by atoms with Crippen molar-refractivity contribution >= 4 is 29.9 Å². The number of hydrogen-bond donors (Lipinski definition) is 1. The van der Waals surface area contributed by atoms with Gasteiger partial charge in [0, 0.05) is 58.3 Å². The maximum Gasteiger partial charge on any atom is 0.213 e. The predicted molar refractivity (Wildman–Crippen MR) is 131 cm³/mol. The topological polar surface area (TPSA) is 67.6 Å². The molecule has 2 aromatic rings. The standard InChI is InChI=1S/C22H34N6O.HI/c1-16(2)21-18(15-28(5)26-21)14-27(4)22(23-3)25-13-17-10-11-20(24-12-17)29-19-8-6-7-9-19;/h10-12,15-16,19H,6-9,13-14H2,1-5H3,(H,23,25);1H. The number of pyridine rings is 1. The van der Waals surface area contributed by atoms with E-state index in [0.29, 0.717) is 18.6 Å². The molecule has 1 N–H and O–H groups in total. The Balaban J connectivity index is 0.00000320. The number of ether oxygens (including phenoxy) is 1. The maximum absolute atomic E-state index is 5.94. The third-order valence-corrected chi connectivity index (χ3v) is 5.30. The zero-order valence-corrected chi connectivity index (χ0v) is 21.1. The van der Waals surface area contributed by atoms with Crippen LogP contribution in [0.3, 0.4) is 0 Å². The lowest BCUT2D eigenvalue weighted by Gasteiger charge is -2.22. The SMILES string of the molecule is CN=C(NCc1ccc(OC2CCCC2)nc1)N(C)Cc1cn(C)nc1C(C)C.I. The minimum Gasteiger partial charge on any atom is -0.474 e. The summed E-state index contributed by atoms with van der Waals surface area (Å²) < 4.78 is 7.83. The van der Waals surface area contributed by atoms with Crippen molar-refractivity contribution in [1.82, 2.24) is 25.0 Å². The molecule has 0 radical (unpaired) electrons. The zero-order valence-electron chi connectivity index (χ0n) is 18.8. The summed E-state index contributed by atoms with van der Waals surface area (Å²) in [4.78, 5) is 11.0. The highest BCUT2D eigenvalue weighted by Gasteiger charge is 2.17. The van der Waals surface area contributed by atoms with E-state index < -0.39 is 0 Å². The molecule has 1 fully saturated rings. The Labute approximate surface area is 197 Å². The molecule has 0 aliphatic heterocycles. The summed E-state index contributed by atoms with van der Waals surface area (Å²) in [7, 11) is 5.82. The van der Waals surface area contributed by atoms with E-state index in [-0.39, 0.29) is 24.0 Å². The number of rotatable bonds is 7. The van der Waals surface area contributed by atoms with Gasteiger partial charge in [0.15, 0.2) is 5.96 Å². The molecule has 2 aromatic heterocycles. The van der Waals surface area contributed by atoms with Crippen molar-refractivity contribution in [3.63, 3.8) is 0 Å². The normalized spacial score (nSPS) is 14.7. The molecule has 1 saturated carbocycles. The molecule has 0 aromatic carbocycles. The second-order valence-corrected chi connectivity index (χ2v) is 8.15. The average Bonchev–Trinajstić information content (AvgIpc) is 3.33. The van der Waals surface area contributed by atoms with Crippen LogP contribution >= 0.6 is 24.0 Å². The molecular formula is C22H35IN6O. The zero-order chi connectivity index (χ0) is 20.8. The van der Waals surface area contributed by atoms with Gasteiger partial charge in [-0.3, -0.25) is 9.67 Å². The third kappa shape index (κ3) is 6.58. The molecule has 0 unspecified atom stereocenters. The van der Waals surface area contributed by atoms with E-state index in [1.807, 2.05) is 38.1 Å². The summed E-state index contributed by atoms with van der Waals surface area (Å²) in [5.41, 5.74) is 3.46. The fourth-order valence-electron chi connectivity index (χ4n) is 3.82. The van der Waals surface area contributed by atoms with Crippen LogP contribution in [-0.4, -0.2) is 45.8 Å².